The van der Waals surface area contributed by atoms with Gasteiger partial charge < -0.3 is 4.52 Å². The fraction of sp³-hybridized carbons (Fsp3) is 0.333. The number of sulfonamides is 1. The van der Waals surface area contributed by atoms with Gasteiger partial charge in [0, 0.05) is 12.1 Å². The van der Waals surface area contributed by atoms with Gasteiger partial charge >= 0.3 is 7.75 Å². The van der Waals surface area contributed by atoms with E-state index in [2.05, 4.69) is 0 Å². The highest BCUT2D eigenvalue weighted by molar-refractivity contribution is 7.94. The molecule has 29 heavy (non-hydrogen) atoms. The summed E-state index contributed by atoms with van der Waals surface area (Å²) in [4.78, 5) is 9.99. The molecule has 0 bridgehead atoms. The van der Waals surface area contributed by atoms with Gasteiger partial charge in [0.1, 0.15) is 5.75 Å². The molecule has 1 fully saturated rings. The second-order valence-corrected chi connectivity index (χ2v) is 11.3. The van der Waals surface area contributed by atoms with Crippen LogP contribution in [0, 0.1) is 10.1 Å². The van der Waals surface area contributed by atoms with Crippen LogP contribution in [0.2, 0.25) is 0 Å². The Morgan fingerprint density at radius 2 is 1.59 bits per heavy atom. The highest BCUT2D eigenvalue weighted by Crippen LogP contribution is 2.68. The third-order valence-electron chi connectivity index (χ3n) is 5.05. The minimum absolute atomic E-state index is 0.188. The van der Waals surface area contributed by atoms with Gasteiger partial charge in [-0.2, -0.15) is 0 Å². The molecular weight excluding hydrogens is 419 g/mol. The molecule has 2 aromatic carbocycles. The van der Waals surface area contributed by atoms with E-state index in [1.54, 1.807) is 45.9 Å². The van der Waals surface area contributed by atoms with Gasteiger partial charge in [0.15, 0.2) is 0 Å². The number of para-hydroxylation sites is 1. The summed E-state index contributed by atoms with van der Waals surface area (Å²) in [7, 11) is -8.74. The van der Waals surface area contributed by atoms with E-state index in [4.69, 9.17) is 9.05 Å². The van der Waals surface area contributed by atoms with Crippen LogP contribution in [0.4, 0.5) is 5.69 Å². The summed E-state index contributed by atoms with van der Waals surface area (Å²) >= 11 is 0. The van der Waals surface area contributed by atoms with E-state index in [-0.39, 0.29) is 16.3 Å². The molecule has 0 amide bonds. The van der Waals surface area contributed by atoms with Crippen molar-refractivity contribution in [2.24, 2.45) is 0 Å². The molecule has 0 spiro atoms. The molecular formula is C18H21N2O7PS. The van der Waals surface area contributed by atoms with E-state index in [0.29, 0.717) is 0 Å². The first kappa shape index (κ1) is 21.4. The SMILES string of the molecule is CC1(C)OP(=O)(Oc2ccccc2)N(S(=O)(=O)c2ccc([N+](=O)[O-])cc2)C1(C)C. The maximum absolute atomic E-state index is 13.7. The van der Waals surface area contributed by atoms with Gasteiger partial charge in [-0.1, -0.05) is 22.3 Å². The summed E-state index contributed by atoms with van der Waals surface area (Å²) in [5.41, 5.74) is -2.66. The first-order valence-electron chi connectivity index (χ1n) is 8.67. The molecule has 11 heteroatoms. The van der Waals surface area contributed by atoms with Gasteiger partial charge in [0.25, 0.3) is 15.7 Å². The number of nitro benzene ring substituents is 1. The molecule has 0 aliphatic carbocycles. The van der Waals surface area contributed by atoms with Crippen LogP contribution in [-0.4, -0.2) is 28.6 Å². The van der Waals surface area contributed by atoms with Gasteiger partial charge in [-0.05, 0) is 52.0 Å². The number of nitrogens with zero attached hydrogens (tertiary/aromatic N) is 2. The van der Waals surface area contributed by atoms with Crippen LogP contribution >= 0.6 is 7.75 Å². The molecule has 1 aliphatic heterocycles. The third kappa shape index (κ3) is 3.57. The molecule has 156 valence electrons. The average molecular weight is 440 g/mol. The van der Waals surface area contributed by atoms with Gasteiger partial charge in [-0.3, -0.25) is 14.6 Å². The van der Waals surface area contributed by atoms with Crippen molar-refractivity contribution in [3.8, 4) is 5.75 Å². The minimum atomic E-state index is -4.39. The van der Waals surface area contributed by atoms with Gasteiger partial charge in [-0.25, -0.2) is 13.0 Å². The molecule has 0 saturated carbocycles. The summed E-state index contributed by atoms with van der Waals surface area (Å²) in [6.07, 6.45) is 0. The lowest BCUT2D eigenvalue weighted by atomic mass is 9.87. The maximum Gasteiger partial charge on any atom is 0.476 e. The van der Waals surface area contributed by atoms with Crippen LogP contribution in [0.25, 0.3) is 0 Å². The molecule has 0 N–H and O–H groups in total. The lowest BCUT2D eigenvalue weighted by molar-refractivity contribution is -0.384. The van der Waals surface area contributed by atoms with Crippen molar-refractivity contribution in [3.05, 3.63) is 64.7 Å². The zero-order chi connectivity index (χ0) is 21.7. The van der Waals surface area contributed by atoms with Crippen LogP contribution in [0.3, 0.4) is 0 Å². The zero-order valence-electron chi connectivity index (χ0n) is 16.3. The first-order valence-corrected chi connectivity index (χ1v) is 11.6. The molecule has 1 heterocycles. The molecule has 1 saturated heterocycles. The van der Waals surface area contributed by atoms with Crippen LogP contribution < -0.4 is 4.52 Å². The number of rotatable bonds is 5. The number of hydrogen-bond donors (Lipinski definition) is 0. The van der Waals surface area contributed by atoms with Crippen molar-refractivity contribution in [2.45, 2.75) is 43.7 Å². The van der Waals surface area contributed by atoms with Crippen molar-refractivity contribution in [1.82, 2.24) is 4.08 Å². The summed E-state index contributed by atoms with van der Waals surface area (Å²) in [6, 6.07) is 12.5. The smallest absolute Gasteiger partial charge is 0.412 e. The topological polar surface area (TPSA) is 116 Å². The second-order valence-electron chi connectivity index (χ2n) is 7.53. The number of hydrogen-bond acceptors (Lipinski definition) is 7. The Morgan fingerprint density at radius 1 is 1.03 bits per heavy atom. The Bertz CT molecular complexity index is 1080. The lowest BCUT2D eigenvalue weighted by Crippen LogP contribution is -2.52. The number of non-ortho nitro benzene ring substituents is 1. The van der Waals surface area contributed by atoms with Crippen molar-refractivity contribution in [1.29, 1.82) is 0 Å². The Kier molecular flexibility index (Phi) is 5.11. The Hall–Kier alpha value is -2.26. The molecule has 0 radical (unpaired) electrons. The Balaban J connectivity index is 2.13. The standard InChI is InChI=1S/C18H21N2O7PS/c1-17(2)18(3,4)27-28(23,26-15-8-6-5-7-9-15)20(17)29(24,25)16-12-10-14(11-13-16)19(21)22/h5-13H,1-4H3. The fourth-order valence-corrected chi connectivity index (χ4v) is 8.18. The molecule has 1 unspecified atom stereocenters. The zero-order valence-corrected chi connectivity index (χ0v) is 18.0. The predicted molar refractivity (Wildman–Crippen MR) is 106 cm³/mol. The van der Waals surface area contributed by atoms with Crippen LogP contribution in [0.15, 0.2) is 59.5 Å². The normalized spacial score (nSPS) is 23.6. The largest absolute Gasteiger partial charge is 0.476 e. The van der Waals surface area contributed by atoms with E-state index < -0.39 is 33.8 Å². The summed E-state index contributed by atoms with van der Waals surface area (Å²) < 4.78 is 52.7. The van der Waals surface area contributed by atoms with Gasteiger partial charge in [0.05, 0.1) is 21.0 Å². The Morgan fingerprint density at radius 3 is 2.10 bits per heavy atom. The van der Waals surface area contributed by atoms with E-state index in [0.717, 1.165) is 28.3 Å². The maximum atomic E-state index is 13.7. The summed E-state index contributed by atoms with van der Waals surface area (Å²) in [5, 5.41) is 10.9. The predicted octanol–water partition coefficient (Wildman–Crippen LogP) is 4.36. The molecule has 1 atom stereocenters. The van der Waals surface area contributed by atoms with Crippen molar-refractivity contribution in [2.75, 3.05) is 0 Å². The van der Waals surface area contributed by atoms with E-state index in [1.807, 2.05) is 0 Å². The highest BCUT2D eigenvalue weighted by Gasteiger charge is 2.67. The van der Waals surface area contributed by atoms with Crippen molar-refractivity contribution < 1.29 is 27.0 Å². The quantitative estimate of drug-likeness (QED) is 0.385. The van der Waals surface area contributed by atoms with E-state index in [1.165, 1.54) is 12.1 Å². The van der Waals surface area contributed by atoms with Gasteiger partial charge in [0.2, 0.25) is 0 Å². The summed E-state index contributed by atoms with van der Waals surface area (Å²) in [5.74, 6) is 0.188. The van der Waals surface area contributed by atoms with Crippen LogP contribution in [0.5, 0.6) is 5.75 Å². The molecule has 0 aromatic heterocycles. The highest BCUT2D eigenvalue weighted by atomic mass is 32.2. The lowest BCUT2D eigenvalue weighted by Gasteiger charge is -2.36. The monoisotopic (exact) mass is 440 g/mol. The molecule has 9 nitrogen and oxygen atoms in total. The van der Waals surface area contributed by atoms with Gasteiger partial charge in [-0.15, -0.1) is 0 Å². The Labute approximate surface area is 169 Å². The van der Waals surface area contributed by atoms with Crippen molar-refractivity contribution >= 4 is 23.5 Å². The average Bonchev–Trinajstić information content (AvgIpc) is 2.75. The van der Waals surface area contributed by atoms with E-state index >= 15 is 0 Å². The molecule has 1 aliphatic rings. The fourth-order valence-electron chi connectivity index (χ4n) is 2.92. The second kappa shape index (κ2) is 6.91. The third-order valence-corrected chi connectivity index (χ3v) is 10.2. The first-order chi connectivity index (χ1) is 13.3. The summed E-state index contributed by atoms with van der Waals surface area (Å²) in [6.45, 7) is 6.42. The molecule has 2 aromatic rings. The van der Waals surface area contributed by atoms with Crippen LogP contribution in [-0.2, 0) is 19.1 Å². The minimum Gasteiger partial charge on any atom is -0.412 e. The number of benzene rings is 2. The molecule has 3 rings (SSSR count). The number of nitro groups is 1. The van der Waals surface area contributed by atoms with Crippen LogP contribution in [0.1, 0.15) is 27.7 Å². The van der Waals surface area contributed by atoms with Crippen molar-refractivity contribution in [3.63, 3.8) is 0 Å². The van der Waals surface area contributed by atoms with E-state index in [9.17, 15) is 23.1 Å².